The Hall–Kier alpha value is -2.20. The van der Waals surface area contributed by atoms with Crippen molar-refractivity contribution in [1.29, 1.82) is 0 Å². The second kappa shape index (κ2) is 6.02. The van der Waals surface area contributed by atoms with Crippen molar-refractivity contribution in [1.82, 2.24) is 23.8 Å². The Morgan fingerprint density at radius 3 is 2.71 bits per heavy atom. The molecular formula is C14H19N5O4S. The molecule has 9 nitrogen and oxygen atoms in total. The lowest BCUT2D eigenvalue weighted by molar-refractivity contribution is 0.0761. The summed E-state index contributed by atoms with van der Waals surface area (Å²) in [7, 11) is -3.29. The second-order valence-corrected chi connectivity index (χ2v) is 7.90. The van der Waals surface area contributed by atoms with Gasteiger partial charge in [-0.05, 0) is 13.3 Å². The highest BCUT2D eigenvalue weighted by atomic mass is 32.2. The average molecular weight is 353 g/mol. The molecule has 1 aliphatic rings. The van der Waals surface area contributed by atoms with Gasteiger partial charge in [0.1, 0.15) is 5.56 Å². The van der Waals surface area contributed by atoms with Gasteiger partial charge in [0.2, 0.25) is 10.0 Å². The van der Waals surface area contributed by atoms with E-state index in [1.54, 1.807) is 13.0 Å². The normalized spacial score (nSPS) is 17.2. The summed E-state index contributed by atoms with van der Waals surface area (Å²) in [6.07, 6.45) is 2.96. The van der Waals surface area contributed by atoms with Crippen LogP contribution in [0.25, 0.3) is 5.65 Å². The van der Waals surface area contributed by atoms with Gasteiger partial charge >= 0.3 is 0 Å². The fraction of sp³-hybridized carbons (Fsp3) is 0.500. The zero-order valence-electron chi connectivity index (χ0n) is 13.5. The Labute approximate surface area is 138 Å². The summed E-state index contributed by atoms with van der Waals surface area (Å²) in [6, 6.07) is 1.71. The van der Waals surface area contributed by atoms with Crippen LogP contribution < -0.4 is 5.56 Å². The molecule has 1 saturated heterocycles. The van der Waals surface area contributed by atoms with Crippen molar-refractivity contribution in [2.24, 2.45) is 0 Å². The lowest BCUT2D eigenvalue weighted by Gasteiger charge is -2.20. The van der Waals surface area contributed by atoms with Crippen LogP contribution in [-0.4, -0.2) is 70.6 Å². The van der Waals surface area contributed by atoms with E-state index in [9.17, 15) is 18.0 Å². The van der Waals surface area contributed by atoms with Crippen LogP contribution >= 0.6 is 0 Å². The number of amides is 1. The molecule has 0 spiro atoms. The number of hydrogen-bond acceptors (Lipinski definition) is 5. The van der Waals surface area contributed by atoms with Crippen LogP contribution in [0.1, 0.15) is 22.5 Å². The van der Waals surface area contributed by atoms with E-state index in [4.69, 9.17) is 0 Å². The number of nitrogens with zero attached hydrogens (tertiary/aromatic N) is 4. The smallest absolute Gasteiger partial charge is 0.285 e. The standard InChI is InChI=1S/C14H19N5O4S/c1-10-8-12-15-9-11(14(21)19(12)16-10)13(20)17-4-3-5-18(7-6-17)24(2,22)23/h8-9,16H,3-7H2,1-2H3. The van der Waals surface area contributed by atoms with Crippen LogP contribution in [0.4, 0.5) is 0 Å². The molecule has 24 heavy (non-hydrogen) atoms. The number of fused-ring (bicyclic) bond motifs is 1. The number of rotatable bonds is 2. The molecule has 3 rings (SSSR count). The Bertz CT molecular complexity index is 946. The molecule has 0 aromatic carbocycles. The highest BCUT2D eigenvalue weighted by molar-refractivity contribution is 7.88. The van der Waals surface area contributed by atoms with E-state index in [0.29, 0.717) is 25.2 Å². The first-order valence-corrected chi connectivity index (χ1v) is 9.44. The summed E-state index contributed by atoms with van der Waals surface area (Å²) < 4.78 is 25.9. The van der Waals surface area contributed by atoms with Crippen LogP contribution in [0.2, 0.25) is 0 Å². The summed E-state index contributed by atoms with van der Waals surface area (Å²) >= 11 is 0. The maximum absolute atomic E-state index is 12.7. The molecule has 130 valence electrons. The molecule has 1 amide bonds. The number of hydrogen-bond donors (Lipinski definition) is 1. The van der Waals surface area contributed by atoms with Gasteiger partial charge in [-0.25, -0.2) is 22.2 Å². The number of aryl methyl sites for hydroxylation is 1. The lowest BCUT2D eigenvalue weighted by Crippen LogP contribution is -2.39. The number of carbonyl (C=O) groups excluding carboxylic acids is 1. The highest BCUT2D eigenvalue weighted by Crippen LogP contribution is 2.10. The monoisotopic (exact) mass is 353 g/mol. The van der Waals surface area contributed by atoms with Crippen molar-refractivity contribution in [2.45, 2.75) is 13.3 Å². The third-order valence-electron chi connectivity index (χ3n) is 4.06. The second-order valence-electron chi connectivity index (χ2n) is 5.92. The minimum Gasteiger partial charge on any atom is -0.337 e. The van der Waals surface area contributed by atoms with Crippen molar-refractivity contribution >= 4 is 21.6 Å². The Morgan fingerprint density at radius 1 is 1.25 bits per heavy atom. The fourth-order valence-electron chi connectivity index (χ4n) is 2.83. The molecule has 0 radical (unpaired) electrons. The first kappa shape index (κ1) is 16.7. The van der Waals surface area contributed by atoms with Crippen molar-refractivity contribution in [3.05, 3.63) is 33.9 Å². The molecule has 3 heterocycles. The van der Waals surface area contributed by atoms with E-state index >= 15 is 0 Å². The molecule has 0 aliphatic carbocycles. The average Bonchev–Trinajstić information content (AvgIpc) is 2.72. The lowest BCUT2D eigenvalue weighted by atomic mass is 10.2. The topological polar surface area (TPSA) is 108 Å². The number of sulfonamides is 1. The van der Waals surface area contributed by atoms with Gasteiger partial charge in [-0.15, -0.1) is 0 Å². The Morgan fingerprint density at radius 2 is 2.00 bits per heavy atom. The summed E-state index contributed by atoms with van der Waals surface area (Å²) in [5.74, 6) is -0.426. The van der Waals surface area contributed by atoms with Crippen molar-refractivity contribution in [2.75, 3.05) is 32.4 Å². The van der Waals surface area contributed by atoms with Gasteiger partial charge in [-0.3, -0.25) is 14.7 Å². The zero-order valence-corrected chi connectivity index (χ0v) is 14.3. The molecule has 0 unspecified atom stereocenters. The summed E-state index contributed by atoms with van der Waals surface area (Å²) in [4.78, 5) is 30.8. The van der Waals surface area contributed by atoms with Crippen LogP contribution in [0, 0.1) is 6.92 Å². The molecule has 1 aliphatic heterocycles. The van der Waals surface area contributed by atoms with E-state index in [0.717, 1.165) is 11.9 Å². The number of aromatic nitrogens is 3. The third kappa shape index (κ3) is 3.06. The Balaban J connectivity index is 1.87. The molecule has 0 atom stereocenters. The SMILES string of the molecule is Cc1cc2ncc(C(=O)N3CCCN(S(C)(=O)=O)CC3)c(=O)n2[nH]1. The number of carbonyl (C=O) groups is 1. The Kier molecular flexibility index (Phi) is 4.18. The number of H-pyrrole nitrogens is 1. The molecule has 10 heteroatoms. The van der Waals surface area contributed by atoms with Gasteiger partial charge in [0.15, 0.2) is 5.65 Å². The van der Waals surface area contributed by atoms with Gasteiger partial charge in [-0.1, -0.05) is 0 Å². The van der Waals surface area contributed by atoms with Gasteiger partial charge in [-0.2, -0.15) is 0 Å². The largest absolute Gasteiger partial charge is 0.337 e. The number of nitrogens with one attached hydrogen (secondary N) is 1. The van der Waals surface area contributed by atoms with Crippen molar-refractivity contribution in [3.8, 4) is 0 Å². The molecule has 2 aromatic rings. The van der Waals surface area contributed by atoms with E-state index < -0.39 is 21.5 Å². The molecule has 1 fully saturated rings. The van der Waals surface area contributed by atoms with Crippen LogP contribution in [0.3, 0.4) is 0 Å². The van der Waals surface area contributed by atoms with Crippen molar-refractivity contribution < 1.29 is 13.2 Å². The summed E-state index contributed by atoms with van der Waals surface area (Å²) in [5.41, 5.74) is 0.736. The van der Waals surface area contributed by atoms with E-state index in [2.05, 4.69) is 10.1 Å². The third-order valence-corrected chi connectivity index (χ3v) is 5.37. The van der Waals surface area contributed by atoms with Crippen LogP contribution in [0.15, 0.2) is 17.1 Å². The summed E-state index contributed by atoms with van der Waals surface area (Å²) in [5, 5.41) is 2.85. The van der Waals surface area contributed by atoms with E-state index in [-0.39, 0.29) is 18.7 Å². The summed E-state index contributed by atoms with van der Waals surface area (Å²) in [6.45, 7) is 3.04. The molecule has 0 bridgehead atoms. The molecule has 0 saturated carbocycles. The molecular weight excluding hydrogens is 334 g/mol. The van der Waals surface area contributed by atoms with Crippen molar-refractivity contribution in [3.63, 3.8) is 0 Å². The molecule has 1 N–H and O–H groups in total. The number of aromatic amines is 1. The minimum absolute atomic E-state index is 0.0258. The highest BCUT2D eigenvalue weighted by Gasteiger charge is 2.26. The maximum atomic E-state index is 12.7. The van der Waals surface area contributed by atoms with Gasteiger partial charge in [0.25, 0.3) is 11.5 Å². The first-order chi connectivity index (χ1) is 11.3. The first-order valence-electron chi connectivity index (χ1n) is 7.59. The van der Waals surface area contributed by atoms with Gasteiger partial charge < -0.3 is 4.90 Å². The predicted molar refractivity (Wildman–Crippen MR) is 87.5 cm³/mol. The quantitative estimate of drug-likeness (QED) is 0.778. The maximum Gasteiger partial charge on any atom is 0.285 e. The molecule has 2 aromatic heterocycles. The van der Waals surface area contributed by atoms with Gasteiger partial charge in [0, 0.05) is 44.1 Å². The zero-order chi connectivity index (χ0) is 17.5. The fourth-order valence-corrected chi connectivity index (χ4v) is 3.70. The van der Waals surface area contributed by atoms with E-state index in [1.807, 2.05) is 0 Å². The van der Waals surface area contributed by atoms with Crippen LogP contribution in [0.5, 0.6) is 0 Å². The van der Waals surface area contributed by atoms with Crippen LogP contribution in [-0.2, 0) is 10.0 Å². The predicted octanol–water partition coefficient (Wildman–Crippen LogP) is -0.561. The minimum atomic E-state index is -3.29. The van der Waals surface area contributed by atoms with E-state index in [1.165, 1.54) is 19.9 Å². The van der Waals surface area contributed by atoms with Gasteiger partial charge in [0.05, 0.1) is 6.26 Å².